The Kier molecular flexibility index (Phi) is 56.4. The summed E-state index contributed by atoms with van der Waals surface area (Å²) >= 11 is 0. The van der Waals surface area contributed by atoms with Gasteiger partial charge in [-0.15, -0.1) is 0 Å². The molecule has 0 aromatic heterocycles. The number of carbonyl (C=O) groups excluding carboxylic acids is 2. The molecule has 2 amide bonds. The molecule has 0 saturated carbocycles. The van der Waals surface area contributed by atoms with Gasteiger partial charge in [-0.1, -0.05) is 128 Å². The number of rotatable bonds is 63. The maximum absolute atomic E-state index is 13.2. The van der Waals surface area contributed by atoms with Gasteiger partial charge in [0.15, 0.2) is 12.6 Å². The number of ether oxygens (including phenoxy) is 3. The molecule has 123 heavy (non-hydrogen) atoms. The zero-order valence-corrected chi connectivity index (χ0v) is 78.0. The zero-order chi connectivity index (χ0) is 92.8. The molecule has 36 nitrogen and oxygen atoms in total. The van der Waals surface area contributed by atoms with Gasteiger partial charge in [-0.3, -0.25) is 36.9 Å². The number of carbonyl (C=O) groups is 2. The monoisotopic (exact) mass is 1850 g/mol. The van der Waals surface area contributed by atoms with Crippen molar-refractivity contribution < 1.29 is 163 Å². The van der Waals surface area contributed by atoms with E-state index in [0.29, 0.717) is 18.4 Å². The van der Waals surface area contributed by atoms with Crippen molar-refractivity contribution in [2.45, 2.75) is 317 Å². The molecular formula is C82H138N2O34P5-5. The summed E-state index contributed by atoms with van der Waals surface area (Å²) in [6, 6.07) is -4.04. The number of nitrogens with one attached hydrogen (secondary N) is 2. The predicted octanol–water partition coefficient (Wildman–Crippen LogP) is 8.43. The van der Waals surface area contributed by atoms with Crippen LogP contribution < -0.4 is 35.1 Å². The lowest BCUT2D eigenvalue weighted by Gasteiger charge is -2.49. The second-order valence-corrected chi connectivity index (χ2v) is 38.6. The molecule has 0 bridgehead atoms. The lowest BCUT2D eigenvalue weighted by molar-refractivity contribution is -0.333. The van der Waals surface area contributed by atoms with Crippen LogP contribution in [0.3, 0.4) is 0 Å². The van der Waals surface area contributed by atoms with E-state index in [2.05, 4.69) is 168 Å². The first-order chi connectivity index (χ1) is 57.5. The third-order valence-corrected chi connectivity index (χ3v) is 24.9. The van der Waals surface area contributed by atoms with Gasteiger partial charge >= 0.3 is 0 Å². The minimum Gasteiger partial charge on any atom is -0.756 e. The van der Waals surface area contributed by atoms with Crippen LogP contribution in [0.25, 0.3) is 0 Å². The fourth-order valence-electron chi connectivity index (χ4n) is 12.3. The topological polar surface area (TPSA) is 572 Å². The van der Waals surface area contributed by atoms with E-state index in [4.69, 9.17) is 32.9 Å². The molecule has 0 aromatic rings. The molecule has 2 fully saturated rings. The van der Waals surface area contributed by atoms with Crippen LogP contribution in [0.4, 0.5) is 0 Å². The van der Waals surface area contributed by atoms with Crippen LogP contribution in [0.1, 0.15) is 225 Å². The van der Waals surface area contributed by atoms with Crippen molar-refractivity contribution in [3.05, 3.63) is 128 Å². The van der Waals surface area contributed by atoms with E-state index < -0.39 is 202 Å². The lowest BCUT2D eigenvalue weighted by atomic mass is 9.94. The molecule has 0 spiro atoms. The standard InChI is InChI=1S/C82H143N2O34P5/c1-55(2)25-15-26-56(3)27-16-28-57(4)29-17-30-58(5)31-18-32-59(6)33-19-34-60(7)35-20-36-61(8)37-21-38-62(9)39-22-40-63(10)41-23-42-64(11)43-24-44-65(12)45-46-107-122(103,104)118-123(105,106)117-82-75(84-67(14)89)77(95)79(72(48-86)114-82)115-81-74(83-66(13)88)78(96)80(73(49-87)113-81)116-121(101,102)111-53-69(91)52-109-119(97,98)108-50-68(90)51-110-120(99,100)112-54-71(93)76(94)70(92)47-85/h25,27,29,31,33,35,37,39,41,43,45,68-82,85-87,90-96H,15-24,26,28,30,32,34,36,38,40,42,44,46-54H2,1-14H3,(H,83,88)(H,84,89)(H,97,98)(H,99,100)(H,101,102)(H,103,104)(H,105,106)/p-5/b56-27+,57-29+,58-31-,59-33-,60-35-,61-37-,62-39-,63-41-,64-43-,65-45-/t68-,69+,70-,71+,72+,73+,74-,75+,76-,77+,78+,79?,80+,81-,82+/m0/s1. The number of phosphoric ester groups is 5. The molecule has 2 heterocycles. The van der Waals surface area contributed by atoms with E-state index in [1.165, 1.54) is 56.2 Å². The highest BCUT2D eigenvalue weighted by molar-refractivity contribution is 7.59. The summed E-state index contributed by atoms with van der Waals surface area (Å²) in [7, 11) is -28.6. The van der Waals surface area contributed by atoms with Crippen LogP contribution in [0.2, 0.25) is 0 Å². The van der Waals surface area contributed by atoms with Crippen LogP contribution in [-0.4, -0.2) is 214 Å². The van der Waals surface area contributed by atoms with E-state index in [-0.39, 0.29) is 0 Å². The molecule has 2 aliphatic rings. The Balaban J connectivity index is 1.86. The quantitative estimate of drug-likeness (QED) is 0.0201. The fourth-order valence-corrected chi connectivity index (χ4v) is 16.9. The first kappa shape index (κ1) is 115. The normalized spacial score (nSPS) is 24.8. The minimum absolute atomic E-state index is 0.493. The second kappa shape index (κ2) is 60.2. The van der Waals surface area contributed by atoms with E-state index in [9.17, 15) is 103 Å². The van der Waals surface area contributed by atoms with Crippen LogP contribution in [0.5, 0.6) is 0 Å². The Morgan fingerprint density at radius 3 is 0.984 bits per heavy atom. The number of aliphatic hydroxyl groups excluding tert-OH is 10. The number of aliphatic hydroxyl groups is 10. The highest BCUT2D eigenvalue weighted by Crippen LogP contribution is 2.57. The summed E-state index contributed by atoms with van der Waals surface area (Å²) in [4.78, 5) is 88.4. The first-order valence-corrected chi connectivity index (χ1v) is 48.6. The van der Waals surface area contributed by atoms with Gasteiger partial charge in [0.1, 0.15) is 79.2 Å². The van der Waals surface area contributed by atoms with E-state index in [0.717, 1.165) is 135 Å². The molecule has 2 aliphatic heterocycles. The number of hydrogen-bond donors (Lipinski definition) is 12. The minimum atomic E-state index is -6.14. The number of amides is 2. The Hall–Kier alpha value is -3.85. The smallest absolute Gasteiger partial charge is 0.276 e. The number of allylic oxidation sites excluding steroid dienone is 21. The molecule has 0 radical (unpaired) electrons. The molecule has 41 heteroatoms. The highest BCUT2D eigenvalue weighted by atomic mass is 31.3. The van der Waals surface area contributed by atoms with E-state index in [1.54, 1.807) is 6.92 Å². The van der Waals surface area contributed by atoms with Gasteiger partial charge in [-0.25, -0.2) is 4.31 Å². The van der Waals surface area contributed by atoms with Crippen molar-refractivity contribution in [1.29, 1.82) is 0 Å². The maximum Gasteiger partial charge on any atom is 0.276 e. The summed E-state index contributed by atoms with van der Waals surface area (Å²) in [5.74, 6) is -1.97. The van der Waals surface area contributed by atoms with Gasteiger partial charge in [0.2, 0.25) is 11.8 Å². The first-order valence-electron chi connectivity index (χ1n) is 41.3. The Bertz CT molecular complexity index is 3800. The summed E-state index contributed by atoms with van der Waals surface area (Å²) < 4.78 is 121. The molecule has 20 atom stereocenters. The fraction of sp³-hybridized carbons (Fsp3) is 0.707. The van der Waals surface area contributed by atoms with Crippen molar-refractivity contribution in [2.24, 2.45) is 0 Å². The van der Waals surface area contributed by atoms with Crippen LogP contribution in [-0.2, 0) is 87.1 Å². The van der Waals surface area contributed by atoms with Crippen LogP contribution in [0, 0.1) is 0 Å². The van der Waals surface area contributed by atoms with Gasteiger partial charge in [0, 0.05) is 13.8 Å². The molecule has 2 rings (SSSR count). The molecule has 0 aromatic carbocycles. The van der Waals surface area contributed by atoms with Crippen molar-refractivity contribution in [3.63, 3.8) is 0 Å². The van der Waals surface area contributed by atoms with Crippen molar-refractivity contribution in [3.8, 4) is 0 Å². The average Bonchev–Trinajstić information content (AvgIpc) is 0.769. The largest absolute Gasteiger partial charge is 0.756 e. The summed E-state index contributed by atoms with van der Waals surface area (Å²) in [5, 5.41) is 106. The Morgan fingerprint density at radius 2 is 0.659 bits per heavy atom. The highest BCUT2D eigenvalue weighted by Gasteiger charge is 2.54. The summed E-state index contributed by atoms with van der Waals surface area (Å²) in [6.07, 6.45) is 17.2. The SMILES string of the molecule is CC(=O)N[C@@H]1[C@H](OC2[C@@H](CO)O[C@H](OP(=O)([O-])OP(=O)([O-])OC/C=C(/C)CC/C=C(/C)CC/C=C(/C)CC/C=C(/C)CC/C=C(/C)CC/C=C(/C)CC/C=C(/C)CC/C=C(/C)CC/C=C(\C)CC/C=C(\C)CCC=C(C)C)[C@H](NC(C)=O)[C@H]2O)O[C@H](CO)[C@@H](OP(=O)([O-])OC[C@H](O)COP(=O)([O-])OC[C@H](O)COP(=O)([O-])OC[C@@H](O)[C@@H](O)[C@@H](O)CO)[C@@H]1O. The van der Waals surface area contributed by atoms with Gasteiger partial charge in [0.25, 0.3) is 39.1 Å². The van der Waals surface area contributed by atoms with Gasteiger partial charge in [0.05, 0.1) is 59.5 Å². The van der Waals surface area contributed by atoms with Crippen LogP contribution >= 0.6 is 39.1 Å². The Labute approximate surface area is 725 Å². The third kappa shape index (κ3) is 52.0. The zero-order valence-electron chi connectivity index (χ0n) is 73.5. The van der Waals surface area contributed by atoms with Crippen molar-refractivity contribution in [2.75, 3.05) is 59.5 Å². The number of phosphoric acid groups is 5. The van der Waals surface area contributed by atoms with Gasteiger partial charge in [-0.2, -0.15) is 0 Å². The van der Waals surface area contributed by atoms with Gasteiger partial charge in [-0.05, 0) is 212 Å². The van der Waals surface area contributed by atoms with Crippen molar-refractivity contribution >= 4 is 50.9 Å². The van der Waals surface area contributed by atoms with Crippen LogP contribution in [0.15, 0.2) is 128 Å². The lowest BCUT2D eigenvalue weighted by Crippen LogP contribution is -2.69. The molecule has 12 N–H and O–H groups in total. The average molecular weight is 1850 g/mol. The second-order valence-electron chi connectivity index (χ2n) is 31.5. The third-order valence-electron chi connectivity index (χ3n) is 19.5. The summed E-state index contributed by atoms with van der Waals surface area (Å²) in [5.41, 5.74) is 14.7. The summed E-state index contributed by atoms with van der Waals surface area (Å²) in [6.45, 7) is 17.2. The molecular weight excluding hydrogens is 1710 g/mol. The predicted molar refractivity (Wildman–Crippen MR) is 451 cm³/mol. The van der Waals surface area contributed by atoms with Gasteiger partial charge < -0.3 is 132 Å². The molecule has 0 aliphatic carbocycles. The Morgan fingerprint density at radius 1 is 0.366 bits per heavy atom. The molecule has 2 saturated heterocycles. The molecule has 710 valence electrons. The van der Waals surface area contributed by atoms with Crippen molar-refractivity contribution in [1.82, 2.24) is 10.6 Å². The van der Waals surface area contributed by atoms with E-state index >= 15 is 0 Å². The maximum atomic E-state index is 13.2. The number of hydrogen-bond acceptors (Lipinski definition) is 34. The molecule has 6 unspecified atom stereocenters. The van der Waals surface area contributed by atoms with E-state index in [1.807, 2.05) is 6.92 Å².